The number of furan rings is 1. The Kier molecular flexibility index (Phi) is 4.69. The third kappa shape index (κ3) is 2.96. The van der Waals surface area contributed by atoms with Gasteiger partial charge in [0.2, 0.25) is 0 Å². The van der Waals surface area contributed by atoms with E-state index in [4.69, 9.17) is 13.9 Å². The van der Waals surface area contributed by atoms with Crippen LogP contribution in [0.15, 0.2) is 34.7 Å². The molecule has 0 saturated carbocycles. The zero-order valence-electron chi connectivity index (χ0n) is 12.4. The average molecular weight is 275 g/mol. The Morgan fingerprint density at radius 1 is 1.10 bits per heavy atom. The van der Waals surface area contributed by atoms with E-state index < -0.39 is 0 Å². The van der Waals surface area contributed by atoms with E-state index in [0.29, 0.717) is 0 Å². The van der Waals surface area contributed by atoms with E-state index in [0.717, 1.165) is 35.0 Å². The highest BCUT2D eigenvalue weighted by molar-refractivity contribution is 5.41. The Morgan fingerprint density at radius 3 is 2.20 bits per heavy atom. The van der Waals surface area contributed by atoms with Crippen LogP contribution in [0.4, 0.5) is 0 Å². The van der Waals surface area contributed by atoms with Gasteiger partial charge >= 0.3 is 0 Å². The lowest BCUT2D eigenvalue weighted by molar-refractivity contribution is 0.390. The van der Waals surface area contributed by atoms with E-state index >= 15 is 0 Å². The van der Waals surface area contributed by atoms with Crippen LogP contribution >= 0.6 is 0 Å². The monoisotopic (exact) mass is 275 g/mol. The molecule has 0 fully saturated rings. The van der Waals surface area contributed by atoms with Crippen molar-refractivity contribution in [2.75, 3.05) is 21.3 Å². The second kappa shape index (κ2) is 6.48. The number of nitrogens with one attached hydrogen (secondary N) is 1. The maximum absolute atomic E-state index is 5.84. The van der Waals surface area contributed by atoms with Crippen LogP contribution in [-0.4, -0.2) is 21.3 Å². The van der Waals surface area contributed by atoms with Crippen molar-refractivity contribution in [1.29, 1.82) is 0 Å². The van der Waals surface area contributed by atoms with Crippen LogP contribution in [0.2, 0.25) is 0 Å². The SMILES string of the molecule is CCc1ccc(C(NC)c2cc(OC)cc(OC)c2)o1. The molecule has 0 spiro atoms. The van der Waals surface area contributed by atoms with Crippen molar-refractivity contribution in [2.45, 2.75) is 19.4 Å². The molecule has 108 valence electrons. The van der Waals surface area contributed by atoms with Crippen molar-refractivity contribution in [3.05, 3.63) is 47.4 Å². The maximum Gasteiger partial charge on any atom is 0.125 e. The van der Waals surface area contributed by atoms with Gasteiger partial charge in [0.15, 0.2) is 0 Å². The lowest BCUT2D eigenvalue weighted by Crippen LogP contribution is -2.17. The van der Waals surface area contributed by atoms with Crippen molar-refractivity contribution >= 4 is 0 Å². The van der Waals surface area contributed by atoms with E-state index in [1.807, 2.05) is 37.4 Å². The smallest absolute Gasteiger partial charge is 0.125 e. The molecule has 0 amide bonds. The fourth-order valence-corrected chi connectivity index (χ4v) is 2.21. The van der Waals surface area contributed by atoms with Gasteiger partial charge in [0.25, 0.3) is 0 Å². The summed E-state index contributed by atoms with van der Waals surface area (Å²) in [6, 6.07) is 9.81. The number of methoxy groups -OCH3 is 2. The minimum absolute atomic E-state index is 0.0284. The molecule has 1 aromatic heterocycles. The van der Waals surface area contributed by atoms with E-state index in [9.17, 15) is 0 Å². The number of rotatable bonds is 6. The van der Waals surface area contributed by atoms with Crippen molar-refractivity contribution in [1.82, 2.24) is 5.32 Å². The lowest BCUT2D eigenvalue weighted by atomic mass is 10.0. The number of hydrogen-bond donors (Lipinski definition) is 1. The molecule has 0 bridgehead atoms. The summed E-state index contributed by atoms with van der Waals surface area (Å²) < 4.78 is 16.5. The summed E-state index contributed by atoms with van der Waals surface area (Å²) in [5, 5.41) is 3.27. The molecule has 1 heterocycles. The molecule has 1 unspecified atom stereocenters. The van der Waals surface area contributed by atoms with Crippen LogP contribution in [0.5, 0.6) is 11.5 Å². The minimum atomic E-state index is -0.0284. The average Bonchev–Trinajstić information content (AvgIpc) is 2.96. The van der Waals surface area contributed by atoms with Gasteiger partial charge in [-0.15, -0.1) is 0 Å². The zero-order valence-corrected chi connectivity index (χ0v) is 12.4. The highest BCUT2D eigenvalue weighted by Gasteiger charge is 2.17. The fourth-order valence-electron chi connectivity index (χ4n) is 2.21. The Hall–Kier alpha value is -1.94. The molecular formula is C16H21NO3. The predicted molar refractivity (Wildman–Crippen MR) is 78.5 cm³/mol. The first kappa shape index (κ1) is 14.5. The van der Waals surface area contributed by atoms with Gasteiger partial charge in [0.05, 0.1) is 20.3 Å². The van der Waals surface area contributed by atoms with Gasteiger partial charge in [-0.05, 0) is 36.9 Å². The van der Waals surface area contributed by atoms with Crippen LogP contribution in [0, 0.1) is 0 Å². The molecule has 0 aliphatic carbocycles. The number of hydrogen-bond acceptors (Lipinski definition) is 4. The van der Waals surface area contributed by atoms with Gasteiger partial charge in [0.1, 0.15) is 23.0 Å². The molecule has 1 N–H and O–H groups in total. The van der Waals surface area contributed by atoms with Crippen LogP contribution in [0.25, 0.3) is 0 Å². The third-order valence-corrected chi connectivity index (χ3v) is 3.31. The molecule has 2 rings (SSSR count). The molecule has 0 saturated heterocycles. The van der Waals surface area contributed by atoms with Crippen LogP contribution in [0.3, 0.4) is 0 Å². The highest BCUT2D eigenvalue weighted by Crippen LogP contribution is 2.30. The van der Waals surface area contributed by atoms with Crippen LogP contribution in [0.1, 0.15) is 30.0 Å². The first-order valence-corrected chi connectivity index (χ1v) is 6.70. The van der Waals surface area contributed by atoms with Crippen molar-refractivity contribution in [2.24, 2.45) is 0 Å². The Bertz CT molecular complexity index is 540. The normalized spacial score (nSPS) is 12.2. The summed E-state index contributed by atoms with van der Waals surface area (Å²) in [5.41, 5.74) is 1.04. The van der Waals surface area contributed by atoms with Crippen molar-refractivity contribution in [3.8, 4) is 11.5 Å². The van der Waals surface area contributed by atoms with Crippen molar-refractivity contribution < 1.29 is 13.9 Å². The third-order valence-electron chi connectivity index (χ3n) is 3.31. The van der Waals surface area contributed by atoms with Crippen LogP contribution < -0.4 is 14.8 Å². The maximum atomic E-state index is 5.84. The highest BCUT2D eigenvalue weighted by atomic mass is 16.5. The standard InChI is InChI=1S/C16H21NO3/c1-5-12-6-7-15(20-12)16(17-2)11-8-13(18-3)10-14(9-11)19-4/h6-10,16-17H,5H2,1-4H3. The summed E-state index contributed by atoms with van der Waals surface area (Å²) in [6.45, 7) is 2.07. The summed E-state index contributed by atoms with van der Waals surface area (Å²) in [4.78, 5) is 0. The lowest BCUT2D eigenvalue weighted by Gasteiger charge is -2.16. The second-order valence-electron chi connectivity index (χ2n) is 4.53. The summed E-state index contributed by atoms with van der Waals surface area (Å²) in [7, 11) is 5.20. The molecule has 4 heteroatoms. The molecular weight excluding hydrogens is 254 g/mol. The molecule has 0 aliphatic heterocycles. The quantitative estimate of drug-likeness (QED) is 0.879. The topological polar surface area (TPSA) is 43.6 Å². The minimum Gasteiger partial charge on any atom is -0.497 e. The molecule has 0 aliphatic rings. The number of aryl methyl sites for hydroxylation is 1. The summed E-state index contributed by atoms with van der Waals surface area (Å²) in [6.07, 6.45) is 0.887. The Morgan fingerprint density at radius 2 is 1.75 bits per heavy atom. The summed E-state index contributed by atoms with van der Waals surface area (Å²) in [5.74, 6) is 3.40. The molecule has 1 atom stereocenters. The zero-order chi connectivity index (χ0) is 14.5. The largest absolute Gasteiger partial charge is 0.497 e. The van der Waals surface area contributed by atoms with Gasteiger partial charge in [-0.1, -0.05) is 6.92 Å². The van der Waals surface area contributed by atoms with E-state index in [1.54, 1.807) is 14.2 Å². The second-order valence-corrected chi connectivity index (χ2v) is 4.53. The molecule has 0 radical (unpaired) electrons. The van der Waals surface area contributed by atoms with Crippen LogP contribution in [-0.2, 0) is 6.42 Å². The predicted octanol–water partition coefficient (Wildman–Crippen LogP) is 3.17. The molecule has 20 heavy (non-hydrogen) atoms. The molecule has 4 nitrogen and oxygen atoms in total. The number of ether oxygens (including phenoxy) is 2. The summed E-state index contributed by atoms with van der Waals surface area (Å²) >= 11 is 0. The Balaban J connectivity index is 2.40. The van der Waals surface area contributed by atoms with Gasteiger partial charge in [0, 0.05) is 12.5 Å². The first-order valence-electron chi connectivity index (χ1n) is 6.70. The molecule has 1 aromatic carbocycles. The van der Waals surface area contributed by atoms with Gasteiger partial charge in [-0.3, -0.25) is 0 Å². The van der Waals surface area contributed by atoms with Gasteiger partial charge in [-0.25, -0.2) is 0 Å². The first-order chi connectivity index (χ1) is 9.71. The fraction of sp³-hybridized carbons (Fsp3) is 0.375. The van der Waals surface area contributed by atoms with Gasteiger partial charge in [-0.2, -0.15) is 0 Å². The van der Waals surface area contributed by atoms with Gasteiger partial charge < -0.3 is 19.2 Å². The van der Waals surface area contributed by atoms with Crippen molar-refractivity contribution in [3.63, 3.8) is 0 Å². The molecule has 2 aromatic rings. The van der Waals surface area contributed by atoms with E-state index in [1.165, 1.54) is 0 Å². The van der Waals surface area contributed by atoms with E-state index in [-0.39, 0.29) is 6.04 Å². The number of benzene rings is 1. The Labute approximate surface area is 119 Å². The van der Waals surface area contributed by atoms with E-state index in [2.05, 4.69) is 12.2 Å².